The summed E-state index contributed by atoms with van der Waals surface area (Å²) in [5.74, 6) is -2.35. The van der Waals surface area contributed by atoms with Crippen LogP contribution in [-0.4, -0.2) is 78.0 Å². The average molecular weight is 660 g/mol. The summed E-state index contributed by atoms with van der Waals surface area (Å²) in [6.45, 7) is 7.68. The maximum absolute atomic E-state index is 14.4. The summed E-state index contributed by atoms with van der Waals surface area (Å²) in [7, 11) is 0. The van der Waals surface area contributed by atoms with E-state index < -0.39 is 53.1 Å². The number of hydrogen-bond donors (Lipinski definition) is 3. The molecule has 11 heteroatoms. The van der Waals surface area contributed by atoms with E-state index in [1.807, 2.05) is 87.2 Å². The number of nitrogens with one attached hydrogen (secondary N) is 3. The van der Waals surface area contributed by atoms with Crippen LogP contribution in [0.4, 0.5) is 10.5 Å². The van der Waals surface area contributed by atoms with Crippen molar-refractivity contribution >= 4 is 35.3 Å². The Balaban J connectivity index is 1.38. The lowest BCUT2D eigenvalue weighted by molar-refractivity contribution is -0.143. The van der Waals surface area contributed by atoms with E-state index in [0.29, 0.717) is 6.42 Å². The summed E-state index contributed by atoms with van der Waals surface area (Å²) in [5.41, 5.74) is 2.21. The molecule has 2 saturated carbocycles. The minimum atomic E-state index is -1.02. The lowest BCUT2D eigenvalue weighted by Crippen LogP contribution is -2.59. The predicted octanol–water partition coefficient (Wildman–Crippen LogP) is 4.54. The summed E-state index contributed by atoms with van der Waals surface area (Å²) in [4.78, 5) is 70.6. The van der Waals surface area contributed by atoms with Crippen molar-refractivity contribution in [1.82, 2.24) is 20.9 Å². The average Bonchev–Trinajstić information content (AvgIpc) is 3.52. The number of nitrogens with zero attached hydrogens (tertiary/aromatic N) is 2. The van der Waals surface area contributed by atoms with Gasteiger partial charge >= 0.3 is 6.09 Å². The van der Waals surface area contributed by atoms with Gasteiger partial charge in [-0.1, -0.05) is 76.6 Å². The van der Waals surface area contributed by atoms with Crippen LogP contribution >= 0.6 is 0 Å². The van der Waals surface area contributed by atoms with Crippen LogP contribution in [0.5, 0.6) is 0 Å². The van der Waals surface area contributed by atoms with Crippen LogP contribution in [0.25, 0.3) is 11.1 Å². The van der Waals surface area contributed by atoms with Gasteiger partial charge in [-0.05, 0) is 73.6 Å². The molecule has 1 heterocycles. The van der Waals surface area contributed by atoms with E-state index in [2.05, 4.69) is 16.0 Å². The van der Waals surface area contributed by atoms with Gasteiger partial charge in [0.25, 0.3) is 5.91 Å². The van der Waals surface area contributed by atoms with E-state index in [1.165, 1.54) is 4.90 Å². The number of anilines is 1. The Morgan fingerprint density at radius 1 is 0.875 bits per heavy atom. The molecule has 2 aromatic rings. The molecule has 3 aliphatic rings. The first kappa shape index (κ1) is 34.9. The first-order valence-electron chi connectivity index (χ1n) is 17.3. The van der Waals surface area contributed by atoms with Crippen LogP contribution < -0.4 is 20.9 Å². The molecule has 2 aliphatic carbocycles. The number of carbonyl (C=O) groups excluding carboxylic acids is 5. The molecule has 3 N–H and O–H groups in total. The second-order valence-corrected chi connectivity index (χ2v) is 14.3. The molecule has 0 radical (unpaired) electrons. The predicted molar refractivity (Wildman–Crippen MR) is 183 cm³/mol. The highest BCUT2D eigenvalue weighted by molar-refractivity contribution is 6.38. The Bertz CT molecular complexity index is 1460. The summed E-state index contributed by atoms with van der Waals surface area (Å²) >= 11 is 0. The van der Waals surface area contributed by atoms with Gasteiger partial charge in [-0.3, -0.25) is 19.2 Å². The molecule has 258 valence electrons. The van der Waals surface area contributed by atoms with E-state index in [-0.39, 0.29) is 31.8 Å². The minimum Gasteiger partial charge on any atom is -0.446 e. The fourth-order valence-electron chi connectivity index (χ4n) is 6.37. The molecule has 0 bridgehead atoms. The summed E-state index contributed by atoms with van der Waals surface area (Å²) in [5, 5.41) is 8.33. The minimum absolute atomic E-state index is 0.00593. The highest BCUT2D eigenvalue weighted by Gasteiger charge is 2.45. The van der Waals surface area contributed by atoms with Crippen molar-refractivity contribution < 1.29 is 28.7 Å². The molecule has 0 aromatic heterocycles. The van der Waals surface area contributed by atoms with Gasteiger partial charge in [0.1, 0.15) is 18.2 Å². The number of ketones is 1. The van der Waals surface area contributed by atoms with Crippen LogP contribution in [0.3, 0.4) is 0 Å². The largest absolute Gasteiger partial charge is 0.446 e. The number of rotatable bonds is 12. The maximum atomic E-state index is 14.4. The van der Waals surface area contributed by atoms with E-state index in [0.717, 1.165) is 55.3 Å². The molecule has 1 saturated heterocycles. The molecule has 4 amide bonds. The topological polar surface area (TPSA) is 137 Å². The molecule has 1 unspecified atom stereocenters. The molecule has 3 fully saturated rings. The number of alkyl carbamates (subject to hydrolysis) is 1. The summed E-state index contributed by atoms with van der Waals surface area (Å²) in [6, 6.07) is 14.9. The Morgan fingerprint density at radius 3 is 2.12 bits per heavy atom. The van der Waals surface area contributed by atoms with Gasteiger partial charge < -0.3 is 30.5 Å². The van der Waals surface area contributed by atoms with Crippen molar-refractivity contribution in [2.24, 2.45) is 5.41 Å². The van der Waals surface area contributed by atoms with Gasteiger partial charge in [0.05, 0.1) is 12.7 Å². The van der Waals surface area contributed by atoms with Crippen molar-refractivity contribution in [3.05, 3.63) is 54.6 Å². The maximum Gasteiger partial charge on any atom is 0.408 e. The van der Waals surface area contributed by atoms with Crippen LogP contribution in [0.1, 0.15) is 79.1 Å². The number of carbonyl (C=O) groups is 5. The van der Waals surface area contributed by atoms with E-state index in [4.69, 9.17) is 4.74 Å². The molecule has 3 atom stereocenters. The van der Waals surface area contributed by atoms with Gasteiger partial charge in [0.2, 0.25) is 17.6 Å². The van der Waals surface area contributed by atoms with Gasteiger partial charge in [-0.15, -0.1) is 0 Å². The zero-order valence-electron chi connectivity index (χ0n) is 28.5. The first-order chi connectivity index (χ1) is 22.9. The van der Waals surface area contributed by atoms with Crippen molar-refractivity contribution in [3.8, 4) is 11.1 Å². The number of benzene rings is 2. The fourth-order valence-corrected chi connectivity index (χ4v) is 6.37. The van der Waals surface area contributed by atoms with E-state index in [1.54, 1.807) is 0 Å². The Morgan fingerprint density at radius 2 is 1.52 bits per heavy atom. The van der Waals surface area contributed by atoms with Crippen molar-refractivity contribution in [2.75, 3.05) is 18.1 Å². The molecule has 48 heavy (non-hydrogen) atoms. The van der Waals surface area contributed by atoms with Gasteiger partial charge in [-0.25, -0.2) is 4.79 Å². The van der Waals surface area contributed by atoms with E-state index in [9.17, 15) is 24.0 Å². The third kappa shape index (κ3) is 8.73. The Kier molecular flexibility index (Phi) is 11.1. The Hall–Kier alpha value is -4.41. The van der Waals surface area contributed by atoms with Crippen LogP contribution in [0.2, 0.25) is 0 Å². The standard InChI is InChI=1S/C37H49N5O6/c1-5-11-29(31(43)34(45)38-26-18-19-26)39-33(44)30-22-41(27-20-16-25(17-21-27)24-12-7-6-8-13-24)23-42(30)35(46)32(37(2,3)4)40-36(47)48-28-14-9-10-15-28/h6-8,12-13,16-17,20-21,26,28-30,32H,5,9-11,14-15,18-19,22-23H2,1-4H3,(H,38,45)(H,39,44)(H,40,47)/t29-,30-,32?/m0/s1. The zero-order chi connectivity index (χ0) is 34.4. The third-order valence-corrected chi connectivity index (χ3v) is 9.32. The van der Waals surface area contributed by atoms with Crippen molar-refractivity contribution in [1.29, 1.82) is 0 Å². The quantitative estimate of drug-likeness (QED) is 0.285. The normalized spacial score (nSPS) is 19.4. The molecular formula is C37H49N5O6. The summed E-state index contributed by atoms with van der Waals surface area (Å²) < 4.78 is 5.64. The van der Waals surface area contributed by atoms with Gasteiger partial charge in [0.15, 0.2) is 0 Å². The van der Waals surface area contributed by atoms with Gasteiger partial charge in [-0.2, -0.15) is 0 Å². The molecular weight excluding hydrogens is 610 g/mol. The van der Waals surface area contributed by atoms with Gasteiger partial charge in [0, 0.05) is 18.3 Å². The first-order valence-corrected chi connectivity index (χ1v) is 17.3. The lowest BCUT2D eigenvalue weighted by atomic mass is 9.85. The van der Waals surface area contributed by atoms with Crippen LogP contribution in [0.15, 0.2) is 54.6 Å². The fraction of sp³-hybridized carbons (Fsp3) is 0.541. The lowest BCUT2D eigenvalue weighted by Gasteiger charge is -2.35. The molecule has 0 spiro atoms. The smallest absolute Gasteiger partial charge is 0.408 e. The SMILES string of the molecule is CCC[C@H](NC(=O)[C@@H]1CN(c2ccc(-c3ccccc3)cc2)CN1C(=O)C(NC(=O)OC1CCCC1)C(C)(C)C)C(=O)C(=O)NC1CC1. The van der Waals surface area contributed by atoms with Crippen molar-refractivity contribution in [2.45, 2.75) is 109 Å². The number of amides is 4. The number of hydrogen-bond acceptors (Lipinski definition) is 7. The number of Topliss-reactive ketones (excluding diaryl/α,β-unsaturated/α-hetero) is 1. The summed E-state index contributed by atoms with van der Waals surface area (Å²) in [6.07, 6.45) is 5.28. The highest BCUT2D eigenvalue weighted by Crippen LogP contribution is 2.30. The Labute approximate surface area is 283 Å². The molecule has 11 nitrogen and oxygen atoms in total. The van der Waals surface area contributed by atoms with Crippen molar-refractivity contribution in [3.63, 3.8) is 0 Å². The third-order valence-electron chi connectivity index (χ3n) is 9.32. The van der Waals surface area contributed by atoms with Crippen LogP contribution in [0, 0.1) is 5.41 Å². The second kappa shape index (κ2) is 15.2. The molecule has 5 rings (SSSR count). The molecule has 2 aromatic carbocycles. The molecule has 1 aliphatic heterocycles. The van der Waals surface area contributed by atoms with E-state index >= 15 is 0 Å². The van der Waals surface area contributed by atoms with Crippen LogP contribution in [-0.2, 0) is 23.9 Å². The number of ether oxygens (including phenoxy) is 1. The monoisotopic (exact) mass is 659 g/mol. The zero-order valence-corrected chi connectivity index (χ0v) is 28.5. The highest BCUT2D eigenvalue weighted by atomic mass is 16.6. The second-order valence-electron chi connectivity index (χ2n) is 14.3.